The Morgan fingerprint density at radius 1 is 1.44 bits per heavy atom. The van der Waals surface area contributed by atoms with Crippen molar-refractivity contribution in [3.63, 3.8) is 0 Å². The molecule has 0 aromatic carbocycles. The summed E-state index contributed by atoms with van der Waals surface area (Å²) in [5.41, 5.74) is 2.29. The Morgan fingerprint density at radius 3 is 2.56 bits per heavy atom. The van der Waals surface area contributed by atoms with Gasteiger partial charge in [-0.05, 0) is 25.5 Å². The zero-order valence-electron chi connectivity index (χ0n) is 6.01. The fourth-order valence-corrected chi connectivity index (χ4v) is 0.700. The number of allylic oxidation sites excluding steroid dienone is 3. The van der Waals surface area contributed by atoms with E-state index in [2.05, 4.69) is 6.08 Å². The van der Waals surface area contributed by atoms with Crippen LogP contribution < -0.4 is 0 Å². The topological polar surface area (TPSA) is 12.5 Å². The average Bonchev–Trinajstić information content (AvgIpc) is 1.80. The van der Waals surface area contributed by atoms with Crippen LogP contribution in [-0.2, 0) is 4.84 Å². The van der Waals surface area contributed by atoms with E-state index in [9.17, 15) is 0 Å². The fourth-order valence-electron chi connectivity index (χ4n) is 0.700. The van der Waals surface area contributed by atoms with Crippen LogP contribution in [0.5, 0.6) is 0 Å². The first-order chi connectivity index (χ1) is 4.20. The third-order valence-electron chi connectivity index (χ3n) is 1.33. The van der Waals surface area contributed by atoms with Crippen LogP contribution in [0.4, 0.5) is 0 Å². The largest absolute Gasteiger partial charge is 0.388 e. The van der Waals surface area contributed by atoms with Crippen LogP contribution in [0, 0.1) is 0 Å². The number of hydroxylamine groups is 2. The highest BCUT2D eigenvalue weighted by atomic mass is 16.7. The summed E-state index contributed by atoms with van der Waals surface area (Å²) in [7, 11) is 1.88. The number of hydrogen-bond donors (Lipinski definition) is 0. The first kappa shape index (κ1) is 6.20. The molecule has 0 aliphatic carbocycles. The highest BCUT2D eigenvalue weighted by molar-refractivity contribution is 5.19. The maximum Gasteiger partial charge on any atom is 0.122 e. The molecule has 0 atom stereocenters. The molecular weight excluding hydrogens is 114 g/mol. The van der Waals surface area contributed by atoms with Gasteiger partial charge in [0.1, 0.15) is 6.26 Å². The molecule has 0 saturated heterocycles. The van der Waals surface area contributed by atoms with Crippen LogP contribution in [-0.4, -0.2) is 12.1 Å². The summed E-state index contributed by atoms with van der Waals surface area (Å²) < 4.78 is 0. The molecule has 0 spiro atoms. The Morgan fingerprint density at radius 2 is 2.11 bits per heavy atom. The smallest absolute Gasteiger partial charge is 0.122 e. The number of nitrogens with zero attached hydrogens (tertiary/aromatic N) is 1. The molecule has 1 heterocycles. The van der Waals surface area contributed by atoms with Gasteiger partial charge in [0.2, 0.25) is 0 Å². The summed E-state index contributed by atoms with van der Waals surface area (Å²) in [5, 5.41) is 1.73. The van der Waals surface area contributed by atoms with Crippen molar-refractivity contribution in [2.75, 3.05) is 7.05 Å². The predicted molar refractivity (Wildman–Crippen MR) is 36.4 cm³/mol. The molecule has 0 aromatic rings. The van der Waals surface area contributed by atoms with Crippen molar-refractivity contribution in [1.29, 1.82) is 0 Å². The van der Waals surface area contributed by atoms with Crippen molar-refractivity contribution >= 4 is 0 Å². The molecule has 9 heavy (non-hydrogen) atoms. The van der Waals surface area contributed by atoms with Gasteiger partial charge in [-0.1, -0.05) is 0 Å². The van der Waals surface area contributed by atoms with Crippen molar-refractivity contribution in [3.05, 3.63) is 23.6 Å². The van der Waals surface area contributed by atoms with Crippen LogP contribution in [0.25, 0.3) is 0 Å². The molecule has 0 bridgehead atoms. The molecule has 1 aliphatic rings. The van der Waals surface area contributed by atoms with Crippen molar-refractivity contribution in [1.82, 2.24) is 5.06 Å². The summed E-state index contributed by atoms with van der Waals surface area (Å²) in [6.45, 7) is 4.02. The lowest BCUT2D eigenvalue weighted by atomic mass is 10.2. The molecular formula is C7H11NO. The van der Waals surface area contributed by atoms with Crippen LogP contribution in [0.1, 0.15) is 13.8 Å². The minimum atomic E-state index is 1.13. The van der Waals surface area contributed by atoms with Crippen molar-refractivity contribution in [2.24, 2.45) is 0 Å². The molecule has 0 amide bonds. The Balaban J connectivity index is 2.74. The minimum absolute atomic E-state index is 1.13. The summed E-state index contributed by atoms with van der Waals surface area (Å²) >= 11 is 0. The summed E-state index contributed by atoms with van der Waals surface area (Å²) in [6, 6.07) is 0. The van der Waals surface area contributed by atoms with Gasteiger partial charge in [0, 0.05) is 12.7 Å². The summed E-state index contributed by atoms with van der Waals surface area (Å²) in [6.07, 6.45) is 3.80. The Kier molecular flexibility index (Phi) is 1.47. The van der Waals surface area contributed by atoms with Crippen molar-refractivity contribution in [2.45, 2.75) is 13.8 Å². The maximum absolute atomic E-state index is 5.11. The lowest BCUT2D eigenvalue weighted by molar-refractivity contribution is -0.0496. The molecule has 0 unspecified atom stereocenters. The molecule has 50 valence electrons. The Labute approximate surface area is 55.4 Å². The van der Waals surface area contributed by atoms with E-state index < -0.39 is 0 Å². The van der Waals surface area contributed by atoms with Crippen LogP contribution in [0.15, 0.2) is 23.6 Å². The maximum atomic E-state index is 5.11. The van der Waals surface area contributed by atoms with Crippen LogP contribution >= 0.6 is 0 Å². The second-order valence-electron chi connectivity index (χ2n) is 2.25. The zero-order chi connectivity index (χ0) is 6.85. The lowest BCUT2D eigenvalue weighted by Gasteiger charge is -2.21. The molecule has 2 heteroatoms. The van der Waals surface area contributed by atoms with E-state index in [-0.39, 0.29) is 0 Å². The minimum Gasteiger partial charge on any atom is -0.388 e. The highest BCUT2D eigenvalue weighted by Crippen LogP contribution is 2.11. The fraction of sp³-hybridized carbons (Fsp3) is 0.429. The van der Waals surface area contributed by atoms with Crippen molar-refractivity contribution < 1.29 is 4.84 Å². The number of hydrogen-bond acceptors (Lipinski definition) is 2. The normalized spacial score (nSPS) is 18.3. The molecule has 1 aliphatic heterocycles. The van der Waals surface area contributed by atoms with Crippen molar-refractivity contribution in [3.8, 4) is 0 Å². The zero-order valence-corrected chi connectivity index (χ0v) is 6.01. The van der Waals surface area contributed by atoms with E-state index in [4.69, 9.17) is 4.84 Å². The van der Waals surface area contributed by atoms with E-state index >= 15 is 0 Å². The first-order valence-corrected chi connectivity index (χ1v) is 2.96. The quantitative estimate of drug-likeness (QED) is 0.488. The molecule has 1 rings (SSSR count). The molecule has 2 nitrogen and oxygen atoms in total. The Hall–Kier alpha value is -0.920. The van der Waals surface area contributed by atoms with Gasteiger partial charge in [-0.3, -0.25) is 0 Å². The van der Waals surface area contributed by atoms with E-state index in [1.54, 1.807) is 11.3 Å². The van der Waals surface area contributed by atoms with Gasteiger partial charge < -0.3 is 4.84 Å². The molecule has 0 saturated carbocycles. The van der Waals surface area contributed by atoms with E-state index in [0.29, 0.717) is 0 Å². The third-order valence-corrected chi connectivity index (χ3v) is 1.33. The summed E-state index contributed by atoms with van der Waals surface area (Å²) in [4.78, 5) is 5.11. The van der Waals surface area contributed by atoms with Gasteiger partial charge in [-0.25, -0.2) is 5.06 Å². The van der Waals surface area contributed by atoms with Crippen LogP contribution in [0.2, 0.25) is 0 Å². The molecule has 0 aromatic heterocycles. The van der Waals surface area contributed by atoms with Gasteiger partial charge in [0.15, 0.2) is 0 Å². The third kappa shape index (κ3) is 1.25. The van der Waals surface area contributed by atoms with E-state index in [1.807, 2.05) is 20.9 Å². The average molecular weight is 125 g/mol. The van der Waals surface area contributed by atoms with Gasteiger partial charge in [-0.15, -0.1) is 0 Å². The SMILES string of the molecule is CC1=CON(C)C(C)=C1. The second-order valence-corrected chi connectivity index (χ2v) is 2.25. The first-order valence-electron chi connectivity index (χ1n) is 2.96. The standard InChI is InChI=1S/C7H11NO/c1-6-4-7(2)8(3)9-5-6/h4-5H,1-3H3. The van der Waals surface area contributed by atoms with E-state index in [0.717, 1.165) is 11.3 Å². The lowest BCUT2D eigenvalue weighted by Crippen LogP contribution is -2.16. The molecule has 0 fully saturated rings. The van der Waals surface area contributed by atoms with Gasteiger partial charge >= 0.3 is 0 Å². The Bertz CT molecular complexity index is 170. The predicted octanol–water partition coefficient (Wildman–Crippen LogP) is 1.67. The second kappa shape index (κ2) is 2.13. The van der Waals surface area contributed by atoms with Crippen LogP contribution in [0.3, 0.4) is 0 Å². The van der Waals surface area contributed by atoms with E-state index in [1.165, 1.54) is 0 Å². The van der Waals surface area contributed by atoms with Gasteiger partial charge in [0.25, 0.3) is 0 Å². The highest BCUT2D eigenvalue weighted by Gasteiger charge is 2.02. The molecule has 0 N–H and O–H groups in total. The number of rotatable bonds is 0. The summed E-state index contributed by atoms with van der Waals surface area (Å²) in [5.74, 6) is 0. The molecule has 0 radical (unpaired) electrons. The van der Waals surface area contributed by atoms with Gasteiger partial charge in [0.05, 0.1) is 0 Å². The van der Waals surface area contributed by atoms with Gasteiger partial charge in [-0.2, -0.15) is 0 Å². The monoisotopic (exact) mass is 125 g/mol.